The predicted molar refractivity (Wildman–Crippen MR) is 74.1 cm³/mol. The summed E-state index contributed by atoms with van der Waals surface area (Å²) < 4.78 is 0. The fourth-order valence-corrected chi connectivity index (χ4v) is 4.35. The second-order valence-electron chi connectivity index (χ2n) is 5.75. The lowest BCUT2D eigenvalue weighted by Gasteiger charge is -2.25. The van der Waals surface area contributed by atoms with Gasteiger partial charge in [-0.05, 0) is 56.1 Å². The first-order chi connectivity index (χ1) is 7.84. The third-order valence-electron chi connectivity index (χ3n) is 4.26. The number of nitrogens with one attached hydrogen (secondary N) is 1. The maximum atomic E-state index is 3.77. The van der Waals surface area contributed by atoms with Gasteiger partial charge in [-0.1, -0.05) is 25.7 Å². The van der Waals surface area contributed by atoms with Gasteiger partial charge in [-0.2, -0.15) is 11.8 Å². The van der Waals surface area contributed by atoms with Crippen molar-refractivity contribution in [2.75, 3.05) is 18.1 Å². The molecular formula is C14H27NS. The lowest BCUT2D eigenvalue weighted by atomic mass is 9.98. The monoisotopic (exact) mass is 241 g/mol. The van der Waals surface area contributed by atoms with E-state index in [0.717, 1.165) is 17.9 Å². The molecule has 94 valence electrons. The van der Waals surface area contributed by atoms with Crippen LogP contribution in [0.3, 0.4) is 0 Å². The van der Waals surface area contributed by atoms with Crippen molar-refractivity contribution in [3.05, 3.63) is 0 Å². The molecule has 1 nitrogen and oxygen atoms in total. The molecule has 2 aliphatic rings. The van der Waals surface area contributed by atoms with E-state index in [-0.39, 0.29) is 0 Å². The Morgan fingerprint density at radius 1 is 1.06 bits per heavy atom. The van der Waals surface area contributed by atoms with Gasteiger partial charge >= 0.3 is 0 Å². The van der Waals surface area contributed by atoms with E-state index in [2.05, 4.69) is 24.0 Å². The summed E-state index contributed by atoms with van der Waals surface area (Å²) >= 11 is 2.13. The molecule has 0 bridgehead atoms. The molecule has 0 aromatic carbocycles. The molecule has 1 aliphatic heterocycles. The molecular weight excluding hydrogens is 214 g/mol. The highest BCUT2D eigenvalue weighted by Crippen LogP contribution is 2.28. The molecule has 2 rings (SSSR count). The van der Waals surface area contributed by atoms with Crippen molar-refractivity contribution in [3.63, 3.8) is 0 Å². The van der Waals surface area contributed by atoms with Crippen LogP contribution >= 0.6 is 11.8 Å². The van der Waals surface area contributed by atoms with E-state index >= 15 is 0 Å². The van der Waals surface area contributed by atoms with Crippen LogP contribution in [0.4, 0.5) is 0 Å². The number of hydrogen-bond acceptors (Lipinski definition) is 2. The number of thioether (sulfide) groups is 1. The van der Waals surface area contributed by atoms with Crippen LogP contribution in [0.5, 0.6) is 0 Å². The summed E-state index contributed by atoms with van der Waals surface area (Å²) in [7, 11) is 0. The SMILES string of the molecule is CC(CC1CCCC1)NCC1CCSCC1. The predicted octanol–water partition coefficient (Wildman–Crippen LogP) is 3.69. The first kappa shape index (κ1) is 12.8. The van der Waals surface area contributed by atoms with Gasteiger partial charge < -0.3 is 5.32 Å². The minimum atomic E-state index is 0.748. The van der Waals surface area contributed by atoms with E-state index in [4.69, 9.17) is 0 Å². The lowest BCUT2D eigenvalue weighted by molar-refractivity contribution is 0.365. The maximum absolute atomic E-state index is 3.77. The average molecular weight is 241 g/mol. The zero-order chi connectivity index (χ0) is 11.2. The largest absolute Gasteiger partial charge is 0.314 e. The smallest absolute Gasteiger partial charge is 0.00414 e. The summed E-state index contributed by atoms with van der Waals surface area (Å²) in [6, 6.07) is 0.748. The van der Waals surface area contributed by atoms with Gasteiger partial charge in [0, 0.05) is 6.04 Å². The fourth-order valence-electron chi connectivity index (χ4n) is 3.15. The standard InChI is InChI=1S/C14H27NS/c1-12(10-13-4-2-3-5-13)15-11-14-6-8-16-9-7-14/h12-15H,2-11H2,1H3. The molecule has 0 amide bonds. The van der Waals surface area contributed by atoms with Crippen LogP contribution in [0.15, 0.2) is 0 Å². The van der Waals surface area contributed by atoms with Gasteiger partial charge in [0.1, 0.15) is 0 Å². The Kier molecular flexibility index (Phi) is 5.51. The highest BCUT2D eigenvalue weighted by atomic mass is 32.2. The minimum Gasteiger partial charge on any atom is -0.314 e. The van der Waals surface area contributed by atoms with Gasteiger partial charge in [0.25, 0.3) is 0 Å². The van der Waals surface area contributed by atoms with E-state index in [1.165, 1.54) is 63.0 Å². The fraction of sp³-hybridized carbons (Fsp3) is 1.00. The molecule has 0 aromatic heterocycles. The van der Waals surface area contributed by atoms with Crippen LogP contribution < -0.4 is 5.32 Å². The van der Waals surface area contributed by atoms with E-state index in [9.17, 15) is 0 Å². The topological polar surface area (TPSA) is 12.0 Å². The Morgan fingerprint density at radius 2 is 1.75 bits per heavy atom. The van der Waals surface area contributed by atoms with Crippen molar-refractivity contribution in [1.82, 2.24) is 5.32 Å². The van der Waals surface area contributed by atoms with Crippen LogP contribution in [0, 0.1) is 11.8 Å². The molecule has 2 heteroatoms. The second-order valence-corrected chi connectivity index (χ2v) is 6.98. The van der Waals surface area contributed by atoms with Gasteiger partial charge in [0.15, 0.2) is 0 Å². The minimum absolute atomic E-state index is 0.748. The third kappa shape index (κ3) is 4.29. The Bertz CT molecular complexity index is 183. The van der Waals surface area contributed by atoms with Crippen LogP contribution in [0.25, 0.3) is 0 Å². The molecule has 1 saturated heterocycles. The summed E-state index contributed by atoms with van der Waals surface area (Å²) in [4.78, 5) is 0. The molecule has 0 spiro atoms. The summed E-state index contributed by atoms with van der Waals surface area (Å²) in [5.41, 5.74) is 0. The van der Waals surface area contributed by atoms with Crippen molar-refractivity contribution in [1.29, 1.82) is 0 Å². The summed E-state index contributed by atoms with van der Waals surface area (Å²) in [6.07, 6.45) is 10.2. The molecule has 0 radical (unpaired) electrons. The van der Waals surface area contributed by atoms with E-state index < -0.39 is 0 Å². The van der Waals surface area contributed by atoms with Crippen molar-refractivity contribution in [2.24, 2.45) is 11.8 Å². The van der Waals surface area contributed by atoms with Gasteiger partial charge in [-0.3, -0.25) is 0 Å². The van der Waals surface area contributed by atoms with Crippen molar-refractivity contribution in [2.45, 2.75) is 57.9 Å². The lowest BCUT2D eigenvalue weighted by Crippen LogP contribution is -2.33. The molecule has 1 N–H and O–H groups in total. The zero-order valence-corrected chi connectivity index (χ0v) is 11.5. The molecule has 1 atom stereocenters. The molecule has 1 aliphatic carbocycles. The molecule has 16 heavy (non-hydrogen) atoms. The van der Waals surface area contributed by atoms with Gasteiger partial charge in [-0.25, -0.2) is 0 Å². The summed E-state index contributed by atoms with van der Waals surface area (Å²) in [5, 5.41) is 3.77. The first-order valence-corrected chi connectivity index (χ1v) is 8.31. The highest BCUT2D eigenvalue weighted by Gasteiger charge is 2.19. The Hall–Kier alpha value is 0.310. The van der Waals surface area contributed by atoms with Gasteiger partial charge in [-0.15, -0.1) is 0 Å². The molecule has 0 aromatic rings. The van der Waals surface area contributed by atoms with Crippen LogP contribution in [-0.4, -0.2) is 24.1 Å². The molecule has 2 fully saturated rings. The molecule has 1 saturated carbocycles. The van der Waals surface area contributed by atoms with Crippen LogP contribution in [-0.2, 0) is 0 Å². The zero-order valence-electron chi connectivity index (χ0n) is 10.7. The average Bonchev–Trinajstić information content (AvgIpc) is 2.81. The van der Waals surface area contributed by atoms with Crippen molar-refractivity contribution < 1.29 is 0 Å². The van der Waals surface area contributed by atoms with Gasteiger partial charge in [0.2, 0.25) is 0 Å². The first-order valence-electron chi connectivity index (χ1n) is 7.15. The Morgan fingerprint density at radius 3 is 2.44 bits per heavy atom. The van der Waals surface area contributed by atoms with E-state index in [0.29, 0.717) is 0 Å². The quantitative estimate of drug-likeness (QED) is 0.788. The Labute approximate surface area is 105 Å². The summed E-state index contributed by atoms with van der Waals surface area (Å²) in [5.74, 6) is 4.78. The highest BCUT2D eigenvalue weighted by molar-refractivity contribution is 7.99. The summed E-state index contributed by atoms with van der Waals surface area (Å²) in [6.45, 7) is 3.66. The number of rotatable bonds is 5. The van der Waals surface area contributed by atoms with Crippen molar-refractivity contribution >= 4 is 11.8 Å². The van der Waals surface area contributed by atoms with Crippen LogP contribution in [0.1, 0.15) is 51.9 Å². The van der Waals surface area contributed by atoms with E-state index in [1.807, 2.05) is 0 Å². The van der Waals surface area contributed by atoms with Gasteiger partial charge in [0.05, 0.1) is 0 Å². The Balaban J connectivity index is 1.57. The molecule has 1 heterocycles. The number of hydrogen-bond donors (Lipinski definition) is 1. The normalized spacial score (nSPS) is 26.1. The second kappa shape index (κ2) is 6.90. The van der Waals surface area contributed by atoms with Crippen LogP contribution in [0.2, 0.25) is 0 Å². The third-order valence-corrected chi connectivity index (χ3v) is 5.31. The van der Waals surface area contributed by atoms with Crippen molar-refractivity contribution in [3.8, 4) is 0 Å². The maximum Gasteiger partial charge on any atom is 0.00414 e. The van der Waals surface area contributed by atoms with E-state index in [1.54, 1.807) is 0 Å². The molecule has 1 unspecified atom stereocenters.